The first-order valence-electron chi connectivity index (χ1n) is 9.59. The van der Waals surface area contributed by atoms with Crippen molar-refractivity contribution < 1.29 is 9.53 Å². The van der Waals surface area contributed by atoms with Gasteiger partial charge in [-0.3, -0.25) is 4.79 Å². The van der Waals surface area contributed by atoms with E-state index in [1.54, 1.807) is 7.11 Å². The van der Waals surface area contributed by atoms with Crippen molar-refractivity contribution in [3.05, 3.63) is 60.2 Å². The van der Waals surface area contributed by atoms with Crippen LogP contribution in [0.15, 0.2) is 54.6 Å². The molecule has 138 valence electrons. The number of hydrogen-bond acceptors (Lipinski definition) is 3. The number of nitrogens with one attached hydrogen (secondary N) is 1. The summed E-state index contributed by atoms with van der Waals surface area (Å²) in [6.07, 6.45) is 5.79. The van der Waals surface area contributed by atoms with Crippen LogP contribution in [0.4, 0.5) is 0 Å². The van der Waals surface area contributed by atoms with Crippen LogP contribution in [0.1, 0.15) is 42.5 Å². The lowest BCUT2D eigenvalue weighted by Gasteiger charge is -2.23. The van der Waals surface area contributed by atoms with E-state index in [-0.39, 0.29) is 11.9 Å². The first kappa shape index (κ1) is 17.5. The zero-order valence-corrected chi connectivity index (χ0v) is 15.6. The lowest BCUT2D eigenvalue weighted by Crippen LogP contribution is -2.36. The second-order valence-corrected chi connectivity index (χ2v) is 7.11. The lowest BCUT2D eigenvalue weighted by atomic mass is 9.95. The Morgan fingerprint density at radius 2 is 1.85 bits per heavy atom. The summed E-state index contributed by atoms with van der Waals surface area (Å²) in [5.41, 5.74) is 3.23. The number of benzene rings is 2. The number of carbonyl (C=O) groups excluding carboxylic acids is 1. The number of ether oxygens (including phenoxy) is 1. The summed E-state index contributed by atoms with van der Waals surface area (Å²) < 4.78 is 5.33. The molecule has 0 radical (unpaired) electrons. The molecule has 3 aromatic rings. The van der Waals surface area contributed by atoms with Crippen molar-refractivity contribution in [2.75, 3.05) is 7.11 Å². The number of hydrogen-bond donors (Lipinski definition) is 1. The smallest absolute Gasteiger partial charge is 0.252 e. The highest BCUT2D eigenvalue weighted by atomic mass is 16.5. The maximum Gasteiger partial charge on any atom is 0.252 e. The average Bonchev–Trinajstić information content (AvgIpc) is 2.73. The minimum atomic E-state index is -0.00959. The van der Waals surface area contributed by atoms with Crippen molar-refractivity contribution in [2.45, 2.75) is 38.1 Å². The number of nitrogens with zero attached hydrogens (tertiary/aromatic N) is 1. The van der Waals surface area contributed by atoms with E-state index in [9.17, 15) is 4.79 Å². The predicted octanol–water partition coefficient (Wildman–Crippen LogP) is 4.97. The van der Waals surface area contributed by atoms with Crippen LogP contribution in [-0.2, 0) is 0 Å². The second-order valence-electron chi connectivity index (χ2n) is 7.11. The Kier molecular flexibility index (Phi) is 5.05. The number of fused-ring (bicyclic) bond motifs is 1. The number of amides is 1. The normalized spacial score (nSPS) is 14.9. The fourth-order valence-corrected chi connectivity index (χ4v) is 3.80. The number of pyridine rings is 1. The molecule has 27 heavy (non-hydrogen) atoms. The van der Waals surface area contributed by atoms with E-state index in [0.29, 0.717) is 5.56 Å². The first-order valence-corrected chi connectivity index (χ1v) is 9.59. The van der Waals surface area contributed by atoms with Gasteiger partial charge in [0.1, 0.15) is 5.75 Å². The fraction of sp³-hybridized carbons (Fsp3) is 0.304. The van der Waals surface area contributed by atoms with Crippen LogP contribution in [0.5, 0.6) is 5.75 Å². The van der Waals surface area contributed by atoms with Gasteiger partial charge in [0.05, 0.1) is 23.9 Å². The third-order valence-electron chi connectivity index (χ3n) is 5.27. The van der Waals surface area contributed by atoms with Gasteiger partial charge in [0.2, 0.25) is 0 Å². The van der Waals surface area contributed by atoms with Crippen LogP contribution in [0.25, 0.3) is 22.2 Å². The van der Waals surface area contributed by atoms with Crippen molar-refractivity contribution in [3.63, 3.8) is 0 Å². The van der Waals surface area contributed by atoms with Crippen LogP contribution < -0.4 is 10.1 Å². The summed E-state index contributed by atoms with van der Waals surface area (Å²) in [5, 5.41) is 4.12. The summed E-state index contributed by atoms with van der Waals surface area (Å²) in [4.78, 5) is 17.8. The maximum atomic E-state index is 13.1. The third-order valence-corrected chi connectivity index (χ3v) is 5.27. The molecule has 0 saturated heterocycles. The van der Waals surface area contributed by atoms with Crippen molar-refractivity contribution in [3.8, 4) is 17.0 Å². The van der Waals surface area contributed by atoms with Gasteiger partial charge in [0.25, 0.3) is 5.91 Å². The van der Waals surface area contributed by atoms with Crippen molar-refractivity contribution in [2.24, 2.45) is 0 Å². The monoisotopic (exact) mass is 360 g/mol. The topological polar surface area (TPSA) is 51.2 Å². The highest BCUT2D eigenvalue weighted by Gasteiger charge is 2.19. The standard InChI is InChI=1S/C23H24N2O2/c1-27-18-11-7-8-16(14-18)22-15-20(19-12-5-6-13-21(19)25-22)23(26)24-17-9-3-2-4-10-17/h5-8,11-15,17H,2-4,9-10H2,1H3,(H,24,26). The Hall–Kier alpha value is -2.88. The lowest BCUT2D eigenvalue weighted by molar-refractivity contribution is 0.0929. The molecule has 0 unspecified atom stereocenters. The Balaban J connectivity index is 1.75. The van der Waals surface area contributed by atoms with Gasteiger partial charge in [0.15, 0.2) is 0 Å². The van der Waals surface area contributed by atoms with Crippen LogP contribution in [0, 0.1) is 0 Å². The number of para-hydroxylation sites is 1. The van der Waals surface area contributed by atoms with Gasteiger partial charge in [-0.2, -0.15) is 0 Å². The number of rotatable bonds is 4. The van der Waals surface area contributed by atoms with Crippen molar-refractivity contribution in [1.29, 1.82) is 0 Å². The Bertz CT molecular complexity index is 962. The quantitative estimate of drug-likeness (QED) is 0.714. The van der Waals surface area contributed by atoms with Gasteiger partial charge in [-0.1, -0.05) is 49.6 Å². The van der Waals surface area contributed by atoms with E-state index in [1.165, 1.54) is 19.3 Å². The van der Waals surface area contributed by atoms with Gasteiger partial charge in [-0.05, 0) is 37.1 Å². The predicted molar refractivity (Wildman–Crippen MR) is 108 cm³/mol. The van der Waals surface area contributed by atoms with E-state index < -0.39 is 0 Å². The third kappa shape index (κ3) is 3.80. The summed E-state index contributed by atoms with van der Waals surface area (Å²) in [5.74, 6) is 0.764. The summed E-state index contributed by atoms with van der Waals surface area (Å²) >= 11 is 0. The van der Waals surface area contributed by atoms with Crippen molar-refractivity contribution >= 4 is 16.8 Å². The van der Waals surface area contributed by atoms with Gasteiger partial charge < -0.3 is 10.1 Å². The van der Waals surface area contributed by atoms with Gasteiger partial charge in [0, 0.05) is 17.0 Å². The highest BCUT2D eigenvalue weighted by Crippen LogP contribution is 2.27. The van der Waals surface area contributed by atoms with Crippen LogP contribution >= 0.6 is 0 Å². The summed E-state index contributed by atoms with van der Waals surface area (Å²) in [6.45, 7) is 0. The zero-order valence-electron chi connectivity index (χ0n) is 15.6. The van der Waals surface area contributed by atoms with E-state index in [2.05, 4.69) is 5.32 Å². The average molecular weight is 360 g/mol. The Labute approximate surface area is 159 Å². The zero-order chi connectivity index (χ0) is 18.6. The number of carbonyl (C=O) groups is 1. The molecule has 1 aromatic heterocycles. The minimum Gasteiger partial charge on any atom is -0.497 e. The van der Waals surface area contributed by atoms with Crippen molar-refractivity contribution in [1.82, 2.24) is 10.3 Å². The summed E-state index contributed by atoms with van der Waals surface area (Å²) in [7, 11) is 1.65. The molecule has 4 rings (SSSR count). The van der Waals surface area contributed by atoms with E-state index in [1.807, 2.05) is 54.6 Å². The molecule has 0 spiro atoms. The molecule has 0 atom stereocenters. The maximum absolute atomic E-state index is 13.1. The molecular formula is C23H24N2O2. The van der Waals surface area contributed by atoms with E-state index in [0.717, 1.165) is 40.8 Å². The molecule has 1 heterocycles. The van der Waals surface area contributed by atoms with Gasteiger partial charge >= 0.3 is 0 Å². The SMILES string of the molecule is COc1cccc(-c2cc(C(=O)NC3CCCCC3)c3ccccc3n2)c1. The molecule has 4 heteroatoms. The largest absolute Gasteiger partial charge is 0.497 e. The van der Waals surface area contributed by atoms with Crippen LogP contribution in [-0.4, -0.2) is 24.0 Å². The molecule has 1 aliphatic rings. The molecule has 2 aromatic carbocycles. The molecule has 1 fully saturated rings. The molecule has 1 amide bonds. The van der Waals surface area contributed by atoms with E-state index >= 15 is 0 Å². The Morgan fingerprint density at radius 3 is 2.67 bits per heavy atom. The number of methoxy groups -OCH3 is 1. The van der Waals surface area contributed by atoms with Crippen LogP contribution in [0.2, 0.25) is 0 Å². The molecule has 0 bridgehead atoms. The van der Waals surface area contributed by atoms with Gasteiger partial charge in [-0.25, -0.2) is 4.98 Å². The van der Waals surface area contributed by atoms with E-state index in [4.69, 9.17) is 9.72 Å². The Morgan fingerprint density at radius 1 is 1.04 bits per heavy atom. The molecule has 4 nitrogen and oxygen atoms in total. The molecular weight excluding hydrogens is 336 g/mol. The second kappa shape index (κ2) is 7.78. The summed E-state index contributed by atoms with van der Waals surface area (Å²) in [6, 6.07) is 17.8. The minimum absolute atomic E-state index is 0.00959. The first-order chi connectivity index (χ1) is 13.2. The fourth-order valence-electron chi connectivity index (χ4n) is 3.80. The molecule has 1 aliphatic carbocycles. The molecule has 1 saturated carbocycles. The van der Waals surface area contributed by atoms with Crippen LogP contribution in [0.3, 0.4) is 0 Å². The molecule has 1 N–H and O–H groups in total. The highest BCUT2D eigenvalue weighted by molar-refractivity contribution is 6.07. The van der Waals surface area contributed by atoms with Gasteiger partial charge in [-0.15, -0.1) is 0 Å². The number of aromatic nitrogens is 1. The molecule has 0 aliphatic heterocycles.